The third-order valence-corrected chi connectivity index (χ3v) is 2.17. The van der Waals surface area contributed by atoms with E-state index in [1.54, 1.807) is 7.11 Å². The summed E-state index contributed by atoms with van der Waals surface area (Å²) in [7, 11) is 3.64. The molecule has 1 atom stereocenters. The van der Waals surface area contributed by atoms with Crippen molar-refractivity contribution >= 4 is 0 Å². The largest absolute Gasteiger partial charge is 0.382 e. The van der Waals surface area contributed by atoms with E-state index in [1.165, 1.54) is 6.42 Å². The lowest BCUT2D eigenvalue weighted by Gasteiger charge is -2.15. The number of hydrogen-bond donors (Lipinski definition) is 1. The fourth-order valence-electron chi connectivity index (χ4n) is 1.25. The van der Waals surface area contributed by atoms with Gasteiger partial charge in [-0.2, -0.15) is 0 Å². The Morgan fingerprint density at radius 1 is 1.07 bits per heavy atom. The molecule has 15 heavy (non-hydrogen) atoms. The van der Waals surface area contributed by atoms with E-state index in [0.29, 0.717) is 32.5 Å². The van der Waals surface area contributed by atoms with E-state index in [-0.39, 0.29) is 0 Å². The second-order valence-electron chi connectivity index (χ2n) is 3.45. The Balaban J connectivity index is 3.14. The van der Waals surface area contributed by atoms with E-state index in [2.05, 4.69) is 12.2 Å². The van der Waals surface area contributed by atoms with Gasteiger partial charge >= 0.3 is 0 Å². The van der Waals surface area contributed by atoms with Crippen LogP contribution in [0, 0.1) is 0 Å². The molecule has 4 heteroatoms. The van der Waals surface area contributed by atoms with Gasteiger partial charge in [0.15, 0.2) is 0 Å². The van der Waals surface area contributed by atoms with Crippen molar-refractivity contribution in [3.8, 4) is 0 Å². The first kappa shape index (κ1) is 14.8. The van der Waals surface area contributed by atoms with Crippen molar-refractivity contribution in [2.24, 2.45) is 0 Å². The molecule has 0 heterocycles. The van der Waals surface area contributed by atoms with Crippen LogP contribution in [-0.4, -0.2) is 53.2 Å². The van der Waals surface area contributed by atoms with Crippen molar-refractivity contribution in [1.29, 1.82) is 0 Å². The Morgan fingerprint density at radius 3 is 2.33 bits per heavy atom. The minimum Gasteiger partial charge on any atom is -0.382 e. The lowest BCUT2D eigenvalue weighted by atomic mass is 10.2. The number of rotatable bonds is 11. The molecule has 0 radical (unpaired) electrons. The lowest BCUT2D eigenvalue weighted by Crippen LogP contribution is -2.30. The van der Waals surface area contributed by atoms with Crippen LogP contribution in [0.3, 0.4) is 0 Å². The summed E-state index contributed by atoms with van der Waals surface area (Å²) in [6, 6.07) is 0.467. The second kappa shape index (κ2) is 11.9. The molecule has 0 fully saturated rings. The molecule has 0 amide bonds. The highest BCUT2D eigenvalue weighted by Crippen LogP contribution is 1.96. The molecule has 0 saturated carbocycles. The van der Waals surface area contributed by atoms with Crippen LogP contribution in [-0.2, 0) is 14.2 Å². The Kier molecular flexibility index (Phi) is 11.8. The quantitative estimate of drug-likeness (QED) is 0.527. The van der Waals surface area contributed by atoms with Gasteiger partial charge in [0.2, 0.25) is 0 Å². The average Bonchev–Trinajstić information content (AvgIpc) is 2.26. The number of ether oxygens (including phenoxy) is 3. The summed E-state index contributed by atoms with van der Waals surface area (Å²) in [6.07, 6.45) is 2.33. The molecule has 4 nitrogen and oxygen atoms in total. The molecular formula is C11H25NO3. The molecule has 1 N–H and O–H groups in total. The Labute approximate surface area is 93.3 Å². The molecule has 0 aliphatic heterocycles. The zero-order valence-corrected chi connectivity index (χ0v) is 10.3. The van der Waals surface area contributed by atoms with Gasteiger partial charge in [-0.15, -0.1) is 0 Å². The van der Waals surface area contributed by atoms with E-state index in [4.69, 9.17) is 14.2 Å². The highest BCUT2D eigenvalue weighted by molar-refractivity contribution is 4.61. The minimum absolute atomic E-state index is 0.467. The first-order valence-electron chi connectivity index (χ1n) is 5.66. The summed E-state index contributed by atoms with van der Waals surface area (Å²) in [5.74, 6) is 0. The van der Waals surface area contributed by atoms with E-state index in [1.807, 2.05) is 7.05 Å². The molecule has 0 bridgehead atoms. The Hall–Kier alpha value is -0.160. The van der Waals surface area contributed by atoms with Gasteiger partial charge < -0.3 is 19.5 Å². The van der Waals surface area contributed by atoms with Gasteiger partial charge in [-0.1, -0.05) is 13.3 Å². The van der Waals surface area contributed by atoms with Gasteiger partial charge in [-0.3, -0.25) is 0 Å². The van der Waals surface area contributed by atoms with Crippen LogP contribution in [0.5, 0.6) is 0 Å². The molecule has 92 valence electrons. The Morgan fingerprint density at radius 2 is 1.73 bits per heavy atom. The molecular weight excluding hydrogens is 194 g/mol. The van der Waals surface area contributed by atoms with Crippen LogP contribution in [0.4, 0.5) is 0 Å². The monoisotopic (exact) mass is 219 g/mol. The highest BCUT2D eigenvalue weighted by atomic mass is 16.5. The highest BCUT2D eigenvalue weighted by Gasteiger charge is 2.03. The molecule has 0 spiro atoms. The second-order valence-corrected chi connectivity index (χ2v) is 3.45. The predicted molar refractivity (Wildman–Crippen MR) is 61.3 cm³/mol. The van der Waals surface area contributed by atoms with E-state index >= 15 is 0 Å². The van der Waals surface area contributed by atoms with E-state index < -0.39 is 0 Å². The average molecular weight is 219 g/mol. The third kappa shape index (κ3) is 10.1. The van der Waals surface area contributed by atoms with E-state index in [9.17, 15) is 0 Å². The van der Waals surface area contributed by atoms with Crippen molar-refractivity contribution < 1.29 is 14.2 Å². The maximum Gasteiger partial charge on any atom is 0.0701 e. The first-order valence-corrected chi connectivity index (χ1v) is 5.66. The maximum atomic E-state index is 5.49. The van der Waals surface area contributed by atoms with Crippen molar-refractivity contribution in [1.82, 2.24) is 5.32 Å². The Bertz CT molecular complexity index is 122. The smallest absolute Gasteiger partial charge is 0.0701 e. The van der Waals surface area contributed by atoms with Crippen LogP contribution in [0.1, 0.15) is 19.8 Å². The SMILES string of the molecule is CCCC(COCCOCCOC)NC. The summed E-state index contributed by atoms with van der Waals surface area (Å²) in [5, 5.41) is 3.23. The molecule has 0 saturated heterocycles. The molecule has 0 aliphatic rings. The van der Waals surface area contributed by atoms with Crippen LogP contribution in [0.2, 0.25) is 0 Å². The van der Waals surface area contributed by atoms with Crippen LogP contribution in [0.15, 0.2) is 0 Å². The maximum absolute atomic E-state index is 5.49. The van der Waals surface area contributed by atoms with Gasteiger partial charge in [-0.05, 0) is 13.5 Å². The van der Waals surface area contributed by atoms with Gasteiger partial charge in [-0.25, -0.2) is 0 Å². The van der Waals surface area contributed by atoms with Crippen molar-refractivity contribution in [2.45, 2.75) is 25.8 Å². The molecule has 0 aromatic heterocycles. The van der Waals surface area contributed by atoms with Crippen molar-refractivity contribution in [3.05, 3.63) is 0 Å². The van der Waals surface area contributed by atoms with Gasteiger partial charge in [0.25, 0.3) is 0 Å². The van der Waals surface area contributed by atoms with Gasteiger partial charge in [0, 0.05) is 13.2 Å². The van der Waals surface area contributed by atoms with Crippen LogP contribution >= 0.6 is 0 Å². The first-order chi connectivity index (χ1) is 7.35. The van der Waals surface area contributed by atoms with Gasteiger partial charge in [0.05, 0.1) is 33.0 Å². The minimum atomic E-state index is 0.467. The molecule has 0 rings (SSSR count). The lowest BCUT2D eigenvalue weighted by molar-refractivity contribution is 0.0193. The molecule has 0 aromatic carbocycles. The summed E-state index contributed by atoms with van der Waals surface area (Å²) in [4.78, 5) is 0. The fourth-order valence-corrected chi connectivity index (χ4v) is 1.25. The number of methoxy groups -OCH3 is 1. The fraction of sp³-hybridized carbons (Fsp3) is 1.00. The summed E-state index contributed by atoms with van der Waals surface area (Å²) in [5.41, 5.74) is 0. The molecule has 0 aliphatic carbocycles. The third-order valence-electron chi connectivity index (χ3n) is 2.17. The predicted octanol–water partition coefficient (Wildman–Crippen LogP) is 1.05. The van der Waals surface area contributed by atoms with E-state index in [0.717, 1.165) is 13.0 Å². The summed E-state index contributed by atoms with van der Waals surface area (Å²) in [6.45, 7) is 5.53. The standard InChI is InChI=1S/C11H25NO3/c1-4-5-11(12-2)10-15-9-8-14-7-6-13-3/h11-12H,4-10H2,1-3H3. The van der Waals surface area contributed by atoms with Crippen molar-refractivity contribution in [2.75, 3.05) is 47.2 Å². The van der Waals surface area contributed by atoms with Gasteiger partial charge in [0.1, 0.15) is 0 Å². The number of nitrogens with one attached hydrogen (secondary N) is 1. The topological polar surface area (TPSA) is 39.7 Å². The number of likely N-dealkylation sites (N-methyl/N-ethyl adjacent to an activating group) is 1. The molecule has 0 aromatic rings. The zero-order chi connectivity index (χ0) is 11.4. The summed E-state index contributed by atoms with van der Waals surface area (Å²) < 4.78 is 15.6. The number of hydrogen-bond acceptors (Lipinski definition) is 4. The van der Waals surface area contributed by atoms with Crippen molar-refractivity contribution in [3.63, 3.8) is 0 Å². The molecule has 1 unspecified atom stereocenters. The van der Waals surface area contributed by atoms with Crippen LogP contribution < -0.4 is 5.32 Å². The normalized spacial score (nSPS) is 13.0. The summed E-state index contributed by atoms with van der Waals surface area (Å²) >= 11 is 0. The van der Waals surface area contributed by atoms with Crippen LogP contribution in [0.25, 0.3) is 0 Å². The zero-order valence-electron chi connectivity index (χ0n) is 10.3.